The standard InChI is InChI=1S/C21H18BrN3O3/c1-12-5-7-15-18(12)21(28)25(20(15)27)11-13-10-14(22)6-8-16(13)24-19(26)17-4-2-3-9-23-17/h2-4,6,8-10,12H,5,7,11H2,1H3,(H,24,26). The van der Waals surface area contributed by atoms with Gasteiger partial charge in [0.05, 0.1) is 6.54 Å². The summed E-state index contributed by atoms with van der Waals surface area (Å²) < 4.78 is 0.797. The molecule has 0 saturated carbocycles. The van der Waals surface area contributed by atoms with Gasteiger partial charge in [0.15, 0.2) is 0 Å². The number of likely N-dealkylation sites (tertiary alicyclic amines) is 1. The number of benzene rings is 1. The van der Waals surface area contributed by atoms with E-state index in [1.54, 1.807) is 36.5 Å². The molecule has 1 unspecified atom stereocenters. The zero-order chi connectivity index (χ0) is 19.8. The molecule has 2 aromatic rings. The molecular formula is C21H18BrN3O3. The van der Waals surface area contributed by atoms with Crippen LogP contribution in [0.4, 0.5) is 5.69 Å². The van der Waals surface area contributed by atoms with Crippen LogP contribution in [0.25, 0.3) is 0 Å². The topological polar surface area (TPSA) is 79.4 Å². The van der Waals surface area contributed by atoms with E-state index in [2.05, 4.69) is 26.2 Å². The lowest BCUT2D eigenvalue weighted by Crippen LogP contribution is -2.33. The lowest BCUT2D eigenvalue weighted by molar-refractivity contribution is -0.138. The lowest BCUT2D eigenvalue weighted by atomic mass is 10.0. The summed E-state index contributed by atoms with van der Waals surface area (Å²) >= 11 is 3.42. The van der Waals surface area contributed by atoms with E-state index in [0.29, 0.717) is 34.5 Å². The fourth-order valence-electron chi connectivity index (χ4n) is 3.71. The van der Waals surface area contributed by atoms with Crippen LogP contribution < -0.4 is 5.32 Å². The number of carbonyl (C=O) groups excluding carboxylic acids is 3. The normalized spacial score (nSPS) is 18.6. The molecule has 1 aromatic heterocycles. The van der Waals surface area contributed by atoms with E-state index in [9.17, 15) is 14.4 Å². The van der Waals surface area contributed by atoms with Crippen LogP contribution in [0.5, 0.6) is 0 Å². The maximum absolute atomic E-state index is 12.8. The van der Waals surface area contributed by atoms with Gasteiger partial charge in [0.25, 0.3) is 17.7 Å². The molecule has 6 nitrogen and oxygen atoms in total. The molecule has 7 heteroatoms. The second-order valence-electron chi connectivity index (χ2n) is 7.00. The third kappa shape index (κ3) is 3.26. The van der Waals surface area contributed by atoms with Crippen LogP contribution in [0, 0.1) is 5.92 Å². The highest BCUT2D eigenvalue weighted by molar-refractivity contribution is 9.10. The van der Waals surface area contributed by atoms with Crippen molar-refractivity contribution in [3.8, 4) is 0 Å². The van der Waals surface area contributed by atoms with Crippen LogP contribution in [-0.4, -0.2) is 27.6 Å². The van der Waals surface area contributed by atoms with Gasteiger partial charge in [-0.3, -0.25) is 24.3 Å². The average Bonchev–Trinajstić information content (AvgIpc) is 3.18. The van der Waals surface area contributed by atoms with E-state index in [1.165, 1.54) is 4.90 Å². The number of halogens is 1. The molecule has 28 heavy (non-hydrogen) atoms. The number of aromatic nitrogens is 1. The van der Waals surface area contributed by atoms with E-state index in [-0.39, 0.29) is 30.2 Å². The first-order chi connectivity index (χ1) is 13.5. The second-order valence-corrected chi connectivity index (χ2v) is 7.91. The Hall–Kier alpha value is -2.80. The summed E-state index contributed by atoms with van der Waals surface area (Å²) in [5, 5.41) is 2.83. The Morgan fingerprint density at radius 3 is 2.79 bits per heavy atom. The van der Waals surface area contributed by atoms with Crippen LogP contribution in [-0.2, 0) is 16.1 Å². The molecular weight excluding hydrogens is 422 g/mol. The molecule has 1 N–H and O–H groups in total. The molecule has 0 saturated heterocycles. The fraction of sp³-hybridized carbons (Fsp3) is 0.238. The maximum Gasteiger partial charge on any atom is 0.274 e. The van der Waals surface area contributed by atoms with Crippen molar-refractivity contribution in [3.63, 3.8) is 0 Å². The third-order valence-corrected chi connectivity index (χ3v) is 5.66. The Morgan fingerprint density at radius 1 is 1.25 bits per heavy atom. The van der Waals surface area contributed by atoms with Crippen LogP contribution in [0.15, 0.2) is 58.2 Å². The van der Waals surface area contributed by atoms with Crippen molar-refractivity contribution in [2.45, 2.75) is 26.3 Å². The van der Waals surface area contributed by atoms with Crippen LogP contribution in [0.2, 0.25) is 0 Å². The van der Waals surface area contributed by atoms with Gasteiger partial charge in [0.2, 0.25) is 0 Å². The van der Waals surface area contributed by atoms with Gasteiger partial charge in [0.1, 0.15) is 5.69 Å². The quantitative estimate of drug-likeness (QED) is 0.736. The predicted molar refractivity (Wildman–Crippen MR) is 107 cm³/mol. The highest BCUT2D eigenvalue weighted by Gasteiger charge is 2.43. The molecule has 142 valence electrons. The molecule has 4 rings (SSSR count). The van der Waals surface area contributed by atoms with Crippen LogP contribution in [0.1, 0.15) is 35.8 Å². The first-order valence-electron chi connectivity index (χ1n) is 9.05. The first kappa shape index (κ1) is 18.6. The monoisotopic (exact) mass is 439 g/mol. The van der Waals surface area contributed by atoms with Crippen LogP contribution in [0.3, 0.4) is 0 Å². The van der Waals surface area contributed by atoms with Gasteiger partial charge in [-0.2, -0.15) is 0 Å². The highest BCUT2D eigenvalue weighted by Crippen LogP contribution is 2.39. The van der Waals surface area contributed by atoms with Gasteiger partial charge in [-0.1, -0.05) is 28.9 Å². The van der Waals surface area contributed by atoms with Gasteiger partial charge in [0, 0.05) is 27.5 Å². The summed E-state index contributed by atoms with van der Waals surface area (Å²) in [7, 11) is 0. The van der Waals surface area contributed by atoms with E-state index in [4.69, 9.17) is 0 Å². The number of anilines is 1. The number of imide groups is 1. The molecule has 0 radical (unpaired) electrons. The highest BCUT2D eigenvalue weighted by atomic mass is 79.9. The first-order valence-corrected chi connectivity index (χ1v) is 9.85. The van der Waals surface area contributed by atoms with Crippen molar-refractivity contribution < 1.29 is 14.4 Å². The summed E-state index contributed by atoms with van der Waals surface area (Å²) in [6.45, 7) is 2.09. The molecule has 0 fully saturated rings. The van der Waals surface area contributed by atoms with Crippen molar-refractivity contribution in [3.05, 3.63) is 69.5 Å². The largest absolute Gasteiger partial charge is 0.320 e. The maximum atomic E-state index is 12.8. The lowest BCUT2D eigenvalue weighted by Gasteiger charge is -2.20. The van der Waals surface area contributed by atoms with E-state index < -0.39 is 0 Å². The Morgan fingerprint density at radius 2 is 2.07 bits per heavy atom. The average molecular weight is 440 g/mol. The van der Waals surface area contributed by atoms with Gasteiger partial charge in [-0.05, 0) is 54.7 Å². The van der Waals surface area contributed by atoms with Crippen molar-refractivity contribution in [2.24, 2.45) is 5.92 Å². The minimum absolute atomic E-state index is 0.106. The van der Waals surface area contributed by atoms with Crippen molar-refractivity contribution in [2.75, 3.05) is 5.32 Å². The zero-order valence-electron chi connectivity index (χ0n) is 15.2. The number of carbonyl (C=O) groups is 3. The van der Waals surface area contributed by atoms with Gasteiger partial charge in [-0.25, -0.2) is 0 Å². The number of hydrogen-bond donors (Lipinski definition) is 1. The molecule has 1 aliphatic heterocycles. The molecule has 0 bridgehead atoms. The van der Waals surface area contributed by atoms with Gasteiger partial charge in [-0.15, -0.1) is 0 Å². The van der Waals surface area contributed by atoms with Crippen molar-refractivity contribution in [1.29, 1.82) is 0 Å². The summed E-state index contributed by atoms with van der Waals surface area (Å²) in [5.41, 5.74) is 2.80. The fourth-order valence-corrected chi connectivity index (χ4v) is 4.12. The number of rotatable bonds is 4. The van der Waals surface area contributed by atoms with Crippen molar-refractivity contribution >= 4 is 39.3 Å². The Balaban J connectivity index is 1.59. The molecule has 3 amide bonds. The third-order valence-electron chi connectivity index (χ3n) is 5.17. The molecule has 1 aromatic carbocycles. The minimum Gasteiger partial charge on any atom is -0.320 e. The molecule has 0 spiro atoms. The molecule has 2 heterocycles. The second kappa shape index (κ2) is 7.31. The van der Waals surface area contributed by atoms with E-state index in [0.717, 1.165) is 10.9 Å². The molecule has 2 aliphatic rings. The Bertz CT molecular complexity index is 1020. The number of hydrogen-bond acceptors (Lipinski definition) is 4. The summed E-state index contributed by atoms with van der Waals surface area (Å²) in [6, 6.07) is 10.4. The smallest absolute Gasteiger partial charge is 0.274 e. The van der Waals surface area contributed by atoms with Gasteiger partial charge < -0.3 is 5.32 Å². The Kier molecular flexibility index (Phi) is 4.85. The number of nitrogens with one attached hydrogen (secondary N) is 1. The minimum atomic E-state index is -0.350. The van der Waals surface area contributed by atoms with E-state index in [1.807, 2.05) is 13.0 Å². The number of amides is 3. The summed E-state index contributed by atoms with van der Waals surface area (Å²) in [4.78, 5) is 43.3. The molecule has 1 aliphatic carbocycles. The zero-order valence-corrected chi connectivity index (χ0v) is 16.8. The van der Waals surface area contributed by atoms with Crippen molar-refractivity contribution in [1.82, 2.24) is 9.88 Å². The predicted octanol–water partition coefficient (Wildman–Crippen LogP) is 3.69. The number of nitrogens with zero attached hydrogens (tertiary/aromatic N) is 2. The van der Waals surface area contributed by atoms with E-state index >= 15 is 0 Å². The SMILES string of the molecule is CC1CCC2=C1C(=O)N(Cc1cc(Br)ccc1NC(=O)c1ccccn1)C2=O. The molecule has 1 atom stereocenters. The van der Waals surface area contributed by atoms with Gasteiger partial charge >= 0.3 is 0 Å². The number of pyridine rings is 1. The van der Waals surface area contributed by atoms with Crippen LogP contribution >= 0.6 is 15.9 Å². The Labute approximate surface area is 170 Å². The summed E-state index contributed by atoms with van der Waals surface area (Å²) in [6.07, 6.45) is 3.05. The summed E-state index contributed by atoms with van der Waals surface area (Å²) in [5.74, 6) is -0.668.